The second-order valence-corrected chi connectivity index (χ2v) is 4.92. The molecule has 2 aliphatic heterocycles. The fourth-order valence-corrected chi connectivity index (χ4v) is 2.58. The highest BCUT2D eigenvalue weighted by atomic mass is 16.5. The van der Waals surface area contributed by atoms with Crippen LogP contribution in [-0.4, -0.2) is 47.0 Å². The molecule has 0 radical (unpaired) electrons. The van der Waals surface area contributed by atoms with Crippen LogP contribution in [-0.2, 0) is 4.74 Å². The Balaban J connectivity index is 1.88. The number of benzene rings is 1. The molecule has 1 saturated heterocycles. The standard InChI is InChI=1S/C14H13NO5/c16-12-10-4-3-8(14(18)19)6-11(10)13(17)15(12)7-9-2-1-5-20-9/h3-4,6,9H,1-2,5,7H2,(H,18,19)/t9-/m1/s1. The van der Waals surface area contributed by atoms with Gasteiger partial charge in [-0.3, -0.25) is 14.5 Å². The highest BCUT2D eigenvalue weighted by Gasteiger charge is 2.37. The number of carbonyl (C=O) groups is 3. The van der Waals surface area contributed by atoms with E-state index in [-0.39, 0.29) is 35.2 Å². The zero-order valence-corrected chi connectivity index (χ0v) is 10.7. The fourth-order valence-electron chi connectivity index (χ4n) is 2.58. The first-order valence-electron chi connectivity index (χ1n) is 6.43. The van der Waals surface area contributed by atoms with E-state index in [4.69, 9.17) is 9.84 Å². The molecule has 2 heterocycles. The van der Waals surface area contributed by atoms with Crippen LogP contribution < -0.4 is 0 Å². The molecule has 2 aliphatic rings. The Morgan fingerprint density at radius 1 is 1.30 bits per heavy atom. The molecule has 0 saturated carbocycles. The molecule has 0 bridgehead atoms. The van der Waals surface area contributed by atoms with Crippen molar-refractivity contribution in [3.8, 4) is 0 Å². The Morgan fingerprint density at radius 3 is 2.70 bits per heavy atom. The van der Waals surface area contributed by atoms with Gasteiger partial charge in [0.2, 0.25) is 0 Å². The molecule has 0 unspecified atom stereocenters. The summed E-state index contributed by atoms with van der Waals surface area (Å²) in [6.45, 7) is 0.881. The van der Waals surface area contributed by atoms with E-state index >= 15 is 0 Å². The van der Waals surface area contributed by atoms with Crippen LogP contribution in [0.25, 0.3) is 0 Å². The molecule has 1 atom stereocenters. The number of carboxylic acid groups (broad SMARTS) is 1. The van der Waals surface area contributed by atoms with Gasteiger partial charge in [0.25, 0.3) is 11.8 Å². The number of rotatable bonds is 3. The number of fused-ring (bicyclic) bond motifs is 1. The largest absolute Gasteiger partial charge is 0.478 e. The Morgan fingerprint density at radius 2 is 2.05 bits per heavy atom. The van der Waals surface area contributed by atoms with Gasteiger partial charge < -0.3 is 9.84 Å². The number of imide groups is 1. The summed E-state index contributed by atoms with van der Waals surface area (Å²) in [5, 5.41) is 8.93. The van der Waals surface area contributed by atoms with Crippen molar-refractivity contribution in [3.63, 3.8) is 0 Å². The molecule has 1 N–H and O–H groups in total. The third kappa shape index (κ3) is 1.98. The molecule has 6 heteroatoms. The predicted molar refractivity (Wildman–Crippen MR) is 67.7 cm³/mol. The van der Waals surface area contributed by atoms with Crippen LogP contribution in [0.4, 0.5) is 0 Å². The van der Waals surface area contributed by atoms with E-state index in [0.29, 0.717) is 6.61 Å². The molecule has 3 rings (SSSR count). The summed E-state index contributed by atoms with van der Waals surface area (Å²) in [5.41, 5.74) is 0.426. The summed E-state index contributed by atoms with van der Waals surface area (Å²) in [4.78, 5) is 36.5. The van der Waals surface area contributed by atoms with Crippen molar-refractivity contribution in [2.24, 2.45) is 0 Å². The van der Waals surface area contributed by atoms with Crippen molar-refractivity contribution in [1.82, 2.24) is 4.90 Å². The van der Waals surface area contributed by atoms with Crippen LogP contribution in [0.5, 0.6) is 0 Å². The zero-order chi connectivity index (χ0) is 14.3. The van der Waals surface area contributed by atoms with E-state index in [2.05, 4.69) is 0 Å². The van der Waals surface area contributed by atoms with Crippen LogP contribution >= 0.6 is 0 Å². The van der Waals surface area contributed by atoms with Crippen LogP contribution in [0, 0.1) is 0 Å². The third-order valence-corrected chi connectivity index (χ3v) is 3.63. The lowest BCUT2D eigenvalue weighted by Gasteiger charge is -2.17. The second-order valence-electron chi connectivity index (χ2n) is 4.92. The minimum absolute atomic E-state index is 0.00358. The smallest absolute Gasteiger partial charge is 0.335 e. The summed E-state index contributed by atoms with van der Waals surface area (Å²) in [6, 6.07) is 3.99. The molecular weight excluding hydrogens is 262 g/mol. The lowest BCUT2D eigenvalue weighted by atomic mass is 10.1. The molecule has 20 heavy (non-hydrogen) atoms. The fraction of sp³-hybridized carbons (Fsp3) is 0.357. The Labute approximate surface area is 114 Å². The highest BCUT2D eigenvalue weighted by Crippen LogP contribution is 2.26. The van der Waals surface area contributed by atoms with Gasteiger partial charge >= 0.3 is 5.97 Å². The van der Waals surface area contributed by atoms with Gasteiger partial charge in [-0.1, -0.05) is 0 Å². The first-order chi connectivity index (χ1) is 9.58. The van der Waals surface area contributed by atoms with Crippen molar-refractivity contribution in [2.75, 3.05) is 13.2 Å². The van der Waals surface area contributed by atoms with Crippen molar-refractivity contribution in [2.45, 2.75) is 18.9 Å². The average molecular weight is 275 g/mol. The van der Waals surface area contributed by atoms with Gasteiger partial charge in [-0.2, -0.15) is 0 Å². The number of ether oxygens (including phenoxy) is 1. The molecular formula is C14H13NO5. The summed E-state index contributed by atoms with van der Waals surface area (Å²) >= 11 is 0. The maximum Gasteiger partial charge on any atom is 0.335 e. The van der Waals surface area contributed by atoms with Crippen molar-refractivity contribution >= 4 is 17.8 Å². The van der Waals surface area contributed by atoms with Crippen molar-refractivity contribution < 1.29 is 24.2 Å². The third-order valence-electron chi connectivity index (χ3n) is 3.63. The second kappa shape index (κ2) is 4.72. The number of nitrogens with zero attached hydrogens (tertiary/aromatic N) is 1. The summed E-state index contributed by atoms with van der Waals surface area (Å²) in [6.07, 6.45) is 1.64. The predicted octanol–water partition coefficient (Wildman–Crippen LogP) is 1.16. The first-order valence-corrected chi connectivity index (χ1v) is 6.43. The van der Waals surface area contributed by atoms with Gasteiger partial charge in [-0.25, -0.2) is 4.79 Å². The van der Waals surface area contributed by atoms with Gasteiger partial charge in [0.05, 0.1) is 29.3 Å². The minimum Gasteiger partial charge on any atom is -0.478 e. The Hall–Kier alpha value is -2.21. The quantitative estimate of drug-likeness (QED) is 0.837. The number of hydrogen-bond donors (Lipinski definition) is 1. The number of carbonyl (C=O) groups excluding carboxylic acids is 2. The molecule has 1 aromatic carbocycles. The summed E-state index contributed by atoms with van der Waals surface area (Å²) in [7, 11) is 0. The molecule has 2 amide bonds. The van der Waals surface area contributed by atoms with Gasteiger partial charge in [0.15, 0.2) is 0 Å². The van der Waals surface area contributed by atoms with E-state index in [9.17, 15) is 14.4 Å². The molecule has 104 valence electrons. The molecule has 0 spiro atoms. The molecule has 0 aromatic heterocycles. The normalized spacial score (nSPS) is 21.4. The number of aromatic carboxylic acids is 1. The first kappa shape index (κ1) is 12.8. The van der Waals surface area contributed by atoms with Gasteiger partial charge in [0.1, 0.15) is 0 Å². The molecule has 6 nitrogen and oxygen atoms in total. The summed E-state index contributed by atoms with van der Waals surface area (Å²) < 4.78 is 5.43. The van der Waals surface area contributed by atoms with Crippen LogP contribution in [0.2, 0.25) is 0 Å². The Kier molecular flexibility index (Phi) is 3.02. The van der Waals surface area contributed by atoms with Gasteiger partial charge in [-0.05, 0) is 31.0 Å². The average Bonchev–Trinajstić information content (AvgIpc) is 3.02. The maximum absolute atomic E-state index is 12.2. The molecule has 1 fully saturated rings. The zero-order valence-electron chi connectivity index (χ0n) is 10.7. The topological polar surface area (TPSA) is 83.9 Å². The van der Waals surface area contributed by atoms with E-state index < -0.39 is 11.9 Å². The van der Waals surface area contributed by atoms with Gasteiger partial charge in [-0.15, -0.1) is 0 Å². The van der Waals surface area contributed by atoms with Gasteiger partial charge in [0, 0.05) is 6.61 Å². The van der Waals surface area contributed by atoms with Crippen molar-refractivity contribution in [3.05, 3.63) is 34.9 Å². The van der Waals surface area contributed by atoms with Crippen LogP contribution in [0.3, 0.4) is 0 Å². The van der Waals surface area contributed by atoms with Crippen LogP contribution in [0.1, 0.15) is 43.9 Å². The number of carboxylic acids is 1. The molecule has 1 aromatic rings. The monoisotopic (exact) mass is 275 g/mol. The Bertz CT molecular complexity index is 604. The van der Waals surface area contributed by atoms with E-state index in [0.717, 1.165) is 17.7 Å². The van der Waals surface area contributed by atoms with E-state index in [1.165, 1.54) is 18.2 Å². The van der Waals surface area contributed by atoms with Crippen LogP contribution in [0.15, 0.2) is 18.2 Å². The lowest BCUT2D eigenvalue weighted by molar-refractivity contribution is 0.0475. The van der Waals surface area contributed by atoms with E-state index in [1.54, 1.807) is 0 Å². The van der Waals surface area contributed by atoms with E-state index in [1.807, 2.05) is 0 Å². The molecule has 0 aliphatic carbocycles. The lowest BCUT2D eigenvalue weighted by Crippen LogP contribution is -2.36. The van der Waals surface area contributed by atoms with Crippen molar-refractivity contribution in [1.29, 1.82) is 0 Å². The maximum atomic E-state index is 12.2. The highest BCUT2D eigenvalue weighted by molar-refractivity contribution is 6.21. The SMILES string of the molecule is O=C(O)c1ccc2c(c1)C(=O)N(C[C@H]1CCCO1)C2=O. The number of amides is 2. The summed E-state index contributed by atoms with van der Waals surface area (Å²) in [5.74, 6) is -1.94. The minimum atomic E-state index is -1.12. The number of hydrogen-bond acceptors (Lipinski definition) is 4.